The van der Waals surface area contributed by atoms with E-state index in [4.69, 9.17) is 16.3 Å². The molecule has 0 bridgehead atoms. The lowest BCUT2D eigenvalue weighted by Gasteiger charge is -2.23. The summed E-state index contributed by atoms with van der Waals surface area (Å²) in [6.07, 6.45) is 1.56. The highest BCUT2D eigenvalue weighted by atomic mass is 35.5. The number of aryl methyl sites for hydroxylation is 1. The summed E-state index contributed by atoms with van der Waals surface area (Å²) in [4.78, 5) is 25.6. The Balaban J connectivity index is 1.81. The molecule has 3 heterocycles. The van der Waals surface area contributed by atoms with E-state index < -0.39 is 0 Å². The van der Waals surface area contributed by atoms with E-state index in [-0.39, 0.29) is 11.7 Å². The SMILES string of the molecule is CCN1c2ncc(Oc3ccc(O)cc3)cc2C(=O)N(C)c2cc(C)c(Cl)nc21. The standard InChI is InChI=1S/C21H19ClN4O3/c1-4-26-19-16(10-15(11-23-19)29-14-7-5-13(27)6-8-14)21(28)25(3)17-9-12(2)18(22)24-20(17)26/h5-11,27H,4H2,1-3H3. The number of aromatic hydroxyl groups is 1. The predicted molar refractivity (Wildman–Crippen MR) is 112 cm³/mol. The van der Waals surface area contributed by atoms with Gasteiger partial charge in [-0.05, 0) is 55.8 Å². The van der Waals surface area contributed by atoms with Crippen LogP contribution in [0.25, 0.3) is 0 Å². The molecule has 1 aliphatic rings. The summed E-state index contributed by atoms with van der Waals surface area (Å²) in [6, 6.07) is 9.84. The number of carbonyl (C=O) groups is 1. The number of fused-ring (bicyclic) bond motifs is 2. The second-order valence-corrected chi connectivity index (χ2v) is 7.04. The van der Waals surface area contributed by atoms with E-state index in [1.54, 1.807) is 36.3 Å². The molecule has 2 aromatic heterocycles. The fourth-order valence-corrected chi connectivity index (χ4v) is 3.35. The number of hydrogen-bond donors (Lipinski definition) is 1. The highest BCUT2D eigenvalue weighted by Crippen LogP contribution is 2.40. The summed E-state index contributed by atoms with van der Waals surface area (Å²) in [5.74, 6) is 1.95. The lowest BCUT2D eigenvalue weighted by atomic mass is 10.2. The minimum absolute atomic E-state index is 0.145. The fraction of sp³-hybridized carbons (Fsp3) is 0.190. The summed E-state index contributed by atoms with van der Waals surface area (Å²) in [7, 11) is 1.70. The molecule has 0 spiro atoms. The first-order valence-corrected chi connectivity index (χ1v) is 9.46. The first-order valence-electron chi connectivity index (χ1n) is 9.08. The van der Waals surface area contributed by atoms with Crippen LogP contribution in [0.15, 0.2) is 42.6 Å². The second kappa shape index (κ2) is 7.25. The van der Waals surface area contributed by atoms with Gasteiger partial charge in [-0.15, -0.1) is 0 Å². The average Bonchev–Trinajstić information content (AvgIpc) is 2.79. The number of aromatic nitrogens is 2. The van der Waals surface area contributed by atoms with Crippen LogP contribution in [0.1, 0.15) is 22.8 Å². The molecule has 0 atom stereocenters. The summed E-state index contributed by atoms with van der Waals surface area (Å²) in [5, 5.41) is 9.81. The van der Waals surface area contributed by atoms with E-state index in [0.717, 1.165) is 5.56 Å². The van der Waals surface area contributed by atoms with Crippen LogP contribution < -0.4 is 14.5 Å². The van der Waals surface area contributed by atoms with Crippen LogP contribution in [0.4, 0.5) is 17.3 Å². The van der Waals surface area contributed by atoms with Gasteiger partial charge in [0.25, 0.3) is 5.91 Å². The van der Waals surface area contributed by atoms with Crippen molar-refractivity contribution in [2.75, 3.05) is 23.4 Å². The molecule has 0 unspecified atom stereocenters. The average molecular weight is 411 g/mol. The van der Waals surface area contributed by atoms with Gasteiger partial charge in [0.2, 0.25) is 0 Å². The number of phenolic OH excluding ortho intramolecular Hbond substituents is 1. The van der Waals surface area contributed by atoms with Gasteiger partial charge < -0.3 is 19.6 Å². The van der Waals surface area contributed by atoms with Gasteiger partial charge in [0, 0.05) is 13.6 Å². The fourth-order valence-electron chi connectivity index (χ4n) is 3.22. The highest BCUT2D eigenvalue weighted by molar-refractivity contribution is 6.30. The van der Waals surface area contributed by atoms with E-state index in [9.17, 15) is 9.90 Å². The molecule has 0 saturated carbocycles. The Labute approximate surface area is 173 Å². The van der Waals surface area contributed by atoms with Crippen LogP contribution in [0.2, 0.25) is 5.15 Å². The maximum absolute atomic E-state index is 13.2. The van der Waals surface area contributed by atoms with Crippen LogP contribution in [-0.4, -0.2) is 34.6 Å². The number of benzene rings is 1. The van der Waals surface area contributed by atoms with Crippen LogP contribution in [0.3, 0.4) is 0 Å². The number of rotatable bonds is 3. The predicted octanol–water partition coefficient (Wildman–Crippen LogP) is 4.68. The largest absolute Gasteiger partial charge is 0.508 e. The van der Waals surface area contributed by atoms with Crippen LogP contribution in [-0.2, 0) is 0 Å². The topological polar surface area (TPSA) is 78.8 Å². The summed E-state index contributed by atoms with van der Waals surface area (Å²) >= 11 is 6.26. The van der Waals surface area contributed by atoms with Gasteiger partial charge >= 0.3 is 0 Å². The lowest BCUT2D eigenvalue weighted by molar-refractivity contribution is 0.0993. The number of phenols is 1. The Bertz CT molecular complexity index is 1100. The number of ether oxygens (including phenoxy) is 1. The van der Waals surface area contributed by atoms with Crippen LogP contribution in [0.5, 0.6) is 17.2 Å². The van der Waals surface area contributed by atoms with Crippen LogP contribution >= 0.6 is 11.6 Å². The molecule has 1 N–H and O–H groups in total. The van der Waals surface area contributed by atoms with Crippen molar-refractivity contribution >= 4 is 34.8 Å². The summed E-state index contributed by atoms with van der Waals surface area (Å²) < 4.78 is 5.81. The second-order valence-electron chi connectivity index (χ2n) is 6.69. The maximum Gasteiger partial charge on any atom is 0.262 e. The third kappa shape index (κ3) is 3.34. The van der Waals surface area contributed by atoms with Crippen LogP contribution in [0, 0.1) is 6.92 Å². The number of halogens is 1. The molecule has 7 nitrogen and oxygen atoms in total. The number of nitrogens with zero attached hydrogens (tertiary/aromatic N) is 4. The molecule has 4 rings (SSSR count). The molecule has 29 heavy (non-hydrogen) atoms. The molecule has 1 amide bonds. The first-order chi connectivity index (χ1) is 13.9. The Kier molecular flexibility index (Phi) is 4.76. The zero-order valence-electron chi connectivity index (χ0n) is 16.2. The van der Waals surface area contributed by atoms with Crippen molar-refractivity contribution in [3.05, 3.63) is 58.9 Å². The Morgan fingerprint density at radius 1 is 1.14 bits per heavy atom. The van der Waals surface area contributed by atoms with E-state index in [2.05, 4.69) is 9.97 Å². The van der Waals surface area contributed by atoms with Gasteiger partial charge in [0.1, 0.15) is 28.2 Å². The number of carbonyl (C=O) groups excluding carboxylic acids is 1. The zero-order chi connectivity index (χ0) is 20.7. The molecule has 148 valence electrons. The Morgan fingerprint density at radius 3 is 2.55 bits per heavy atom. The van der Waals surface area contributed by atoms with E-state index in [0.29, 0.717) is 46.1 Å². The molecular weight excluding hydrogens is 392 g/mol. The van der Waals surface area contributed by atoms with Gasteiger partial charge in [-0.1, -0.05) is 11.6 Å². The molecule has 1 aliphatic heterocycles. The highest BCUT2D eigenvalue weighted by Gasteiger charge is 2.31. The minimum Gasteiger partial charge on any atom is -0.508 e. The van der Waals surface area contributed by atoms with Crippen molar-refractivity contribution in [3.8, 4) is 17.2 Å². The van der Waals surface area contributed by atoms with Gasteiger partial charge in [-0.2, -0.15) is 0 Å². The maximum atomic E-state index is 13.2. The zero-order valence-corrected chi connectivity index (χ0v) is 16.9. The van der Waals surface area contributed by atoms with Crippen molar-refractivity contribution in [2.45, 2.75) is 13.8 Å². The molecule has 0 aliphatic carbocycles. The van der Waals surface area contributed by atoms with Gasteiger partial charge in [-0.3, -0.25) is 4.79 Å². The molecule has 0 saturated heterocycles. The van der Waals surface area contributed by atoms with E-state index >= 15 is 0 Å². The van der Waals surface area contributed by atoms with Gasteiger partial charge in [0.15, 0.2) is 5.82 Å². The van der Waals surface area contributed by atoms with Gasteiger partial charge in [0.05, 0.1) is 17.4 Å². The Morgan fingerprint density at radius 2 is 1.86 bits per heavy atom. The summed E-state index contributed by atoms with van der Waals surface area (Å²) in [6.45, 7) is 4.37. The normalized spacial score (nSPS) is 13.0. The number of hydrogen-bond acceptors (Lipinski definition) is 6. The van der Waals surface area contributed by atoms with Crippen molar-refractivity contribution in [3.63, 3.8) is 0 Å². The first kappa shape index (κ1) is 19.0. The number of amides is 1. The molecule has 0 radical (unpaired) electrons. The summed E-state index contributed by atoms with van der Waals surface area (Å²) in [5.41, 5.74) is 1.85. The van der Waals surface area contributed by atoms with Crippen molar-refractivity contribution in [2.24, 2.45) is 0 Å². The molecule has 1 aromatic carbocycles. The number of pyridine rings is 2. The molecule has 3 aromatic rings. The third-order valence-corrected chi connectivity index (χ3v) is 5.13. The van der Waals surface area contributed by atoms with Gasteiger partial charge in [-0.25, -0.2) is 9.97 Å². The minimum atomic E-state index is -0.218. The Hall–Kier alpha value is -3.32. The van der Waals surface area contributed by atoms with Crippen molar-refractivity contribution in [1.82, 2.24) is 9.97 Å². The molecule has 8 heteroatoms. The van der Waals surface area contributed by atoms with E-state index in [1.165, 1.54) is 12.1 Å². The van der Waals surface area contributed by atoms with Crippen molar-refractivity contribution < 1.29 is 14.6 Å². The smallest absolute Gasteiger partial charge is 0.262 e. The quantitative estimate of drug-likeness (QED) is 0.631. The molecule has 0 fully saturated rings. The third-order valence-electron chi connectivity index (χ3n) is 4.75. The molecular formula is C21H19ClN4O3. The lowest BCUT2D eigenvalue weighted by Crippen LogP contribution is -2.25. The van der Waals surface area contributed by atoms with Crippen molar-refractivity contribution in [1.29, 1.82) is 0 Å². The monoisotopic (exact) mass is 410 g/mol. The number of anilines is 3. The van der Waals surface area contributed by atoms with E-state index in [1.807, 2.05) is 24.8 Å².